The molecule has 0 amide bonds. The lowest BCUT2D eigenvalue weighted by Crippen LogP contribution is -2.43. The summed E-state index contributed by atoms with van der Waals surface area (Å²) in [4.78, 5) is 29.6. The Kier molecular flexibility index (Phi) is 14.5. The highest BCUT2D eigenvalue weighted by Gasteiger charge is 2.49. The van der Waals surface area contributed by atoms with E-state index in [0.29, 0.717) is 34.9 Å². The van der Waals surface area contributed by atoms with Gasteiger partial charge < -0.3 is 0 Å². The van der Waals surface area contributed by atoms with Crippen molar-refractivity contribution >= 4 is 63.0 Å². The van der Waals surface area contributed by atoms with Crippen LogP contribution in [0.3, 0.4) is 0 Å². The minimum absolute atomic E-state index is 0.0905. The first-order chi connectivity index (χ1) is 47.6. The van der Waals surface area contributed by atoms with Crippen molar-refractivity contribution in [3.05, 3.63) is 301 Å². The maximum atomic E-state index is 4.99. The summed E-state index contributed by atoms with van der Waals surface area (Å²) in [6.07, 6.45) is 0. The van der Waals surface area contributed by atoms with Gasteiger partial charge in [-0.15, -0.1) is 22.7 Å². The molecule has 2 aliphatic carbocycles. The monoisotopic (exact) mass is 1300 g/mol. The Morgan fingerprint density at radius 1 is 0.214 bits per heavy atom. The molecule has 6 nitrogen and oxygen atoms in total. The lowest BCUT2D eigenvalue weighted by Gasteiger charge is -2.49. The Labute approximate surface area is 580 Å². The highest BCUT2D eigenvalue weighted by molar-refractivity contribution is 7.26. The zero-order valence-corrected chi connectivity index (χ0v) is 57.7. The lowest BCUT2D eigenvalue weighted by molar-refractivity contribution is 0.301. The summed E-state index contributed by atoms with van der Waals surface area (Å²) in [5.74, 6) is 3.99. The van der Waals surface area contributed by atoms with Gasteiger partial charge in [-0.2, -0.15) is 0 Å². The summed E-state index contributed by atoms with van der Waals surface area (Å²) in [7, 11) is 0. The molecule has 98 heavy (non-hydrogen) atoms. The molecule has 0 aliphatic heterocycles. The highest BCUT2D eigenvalue weighted by atomic mass is 32.1. The van der Waals surface area contributed by atoms with Gasteiger partial charge in [0, 0.05) is 84.6 Å². The first-order valence-corrected chi connectivity index (χ1v) is 35.4. The second-order valence-corrected chi connectivity index (χ2v) is 30.3. The van der Waals surface area contributed by atoms with E-state index in [0.717, 1.165) is 38.9 Å². The third kappa shape index (κ3) is 10.0. The Bertz CT molecular complexity index is 5680. The molecule has 0 fully saturated rings. The van der Waals surface area contributed by atoms with Gasteiger partial charge in [0.1, 0.15) is 0 Å². The van der Waals surface area contributed by atoms with Crippen LogP contribution in [0, 0.1) is 0 Å². The Balaban J connectivity index is 0.000000147. The molecular weight excluding hydrogens is 1230 g/mol. The number of rotatable bonds is 8. The SMILES string of the molecule is CC1(C)c2cc(-c3ccc(-c4nc(-c5ccccc5)nc(-c5ccccc5)n4)cc3)ccc2-c2ccc3sc4ccccc4c3c2C1(C)C.CC1(C)c2cc(-c3cccc(-c4nc(-c5ccccc5)nc(-c5ccccc5)n4)c3)ccc2-c2ccc3sc4ccccc4c3c2C1(C)C. The van der Waals surface area contributed by atoms with Crippen molar-refractivity contribution in [3.8, 4) is 113 Å². The average Bonchev–Trinajstić information content (AvgIpc) is 1.18. The van der Waals surface area contributed by atoms with E-state index in [-0.39, 0.29) is 21.7 Å². The van der Waals surface area contributed by atoms with Crippen LogP contribution < -0.4 is 0 Å². The molecule has 0 N–H and O–H groups in total. The van der Waals surface area contributed by atoms with Crippen molar-refractivity contribution in [3.63, 3.8) is 0 Å². The molecular formula is C90H70N6S2. The number of nitrogens with zero attached hydrogens (tertiary/aromatic N) is 6. The molecule has 4 aromatic heterocycles. The first-order valence-electron chi connectivity index (χ1n) is 33.7. The third-order valence-corrected chi connectivity index (χ3v) is 24.0. The van der Waals surface area contributed by atoms with E-state index in [1.165, 1.54) is 102 Å². The van der Waals surface area contributed by atoms with E-state index in [4.69, 9.17) is 29.9 Å². The molecule has 18 rings (SSSR count). The van der Waals surface area contributed by atoms with Crippen molar-refractivity contribution < 1.29 is 0 Å². The van der Waals surface area contributed by atoms with E-state index in [1.54, 1.807) is 0 Å². The van der Waals surface area contributed by atoms with Gasteiger partial charge in [0.15, 0.2) is 34.9 Å². The molecule has 8 heteroatoms. The van der Waals surface area contributed by atoms with Crippen LogP contribution in [0.1, 0.15) is 77.6 Å². The van der Waals surface area contributed by atoms with Crippen LogP contribution in [-0.2, 0) is 21.7 Å². The topological polar surface area (TPSA) is 77.3 Å². The second kappa shape index (κ2) is 23.4. The third-order valence-electron chi connectivity index (χ3n) is 21.8. The summed E-state index contributed by atoms with van der Waals surface area (Å²) in [6.45, 7) is 19.4. The minimum Gasteiger partial charge on any atom is -0.208 e. The van der Waals surface area contributed by atoms with Crippen molar-refractivity contribution in [2.24, 2.45) is 0 Å². The van der Waals surface area contributed by atoms with E-state index in [1.807, 2.05) is 144 Å². The standard InChI is InChI=1S/2C45H35N3S/c1-44(2)36-27-31(22-23-33(36)34-24-25-38-39(40(34)45(44,3)4)35-20-11-12-21-37(35)49-38)30-18-13-19-32(26-30)43-47-41(28-14-7-5-8-15-28)46-42(48-43)29-16-9-6-10-17-29;1-44(2)36-27-32(23-24-33(36)34-25-26-38-39(40(34)45(44,3)4)35-17-11-12-18-37(35)49-38)28-19-21-31(22-20-28)43-47-41(29-13-7-5-8-14-29)46-42(48-43)30-15-9-6-10-16-30/h2*5-27H,1-4H3. The fourth-order valence-corrected chi connectivity index (χ4v) is 17.4. The highest BCUT2D eigenvalue weighted by Crippen LogP contribution is 2.60. The second-order valence-electron chi connectivity index (χ2n) is 28.2. The number of thiophene rings is 2. The Morgan fingerprint density at radius 3 is 0.898 bits per heavy atom. The quantitative estimate of drug-likeness (QED) is 0.151. The van der Waals surface area contributed by atoms with Gasteiger partial charge in [-0.1, -0.05) is 292 Å². The molecule has 2 aliphatic rings. The van der Waals surface area contributed by atoms with Crippen molar-refractivity contribution in [1.82, 2.24) is 29.9 Å². The summed E-state index contributed by atoms with van der Waals surface area (Å²) in [5, 5.41) is 5.57. The molecule has 0 spiro atoms. The van der Waals surface area contributed by atoms with Gasteiger partial charge in [-0.3, -0.25) is 0 Å². The number of benzene rings is 12. The summed E-state index contributed by atoms with van der Waals surface area (Å²) >= 11 is 3.80. The van der Waals surface area contributed by atoms with Crippen LogP contribution in [0.25, 0.3) is 153 Å². The predicted octanol–water partition coefficient (Wildman–Crippen LogP) is 24.3. The lowest BCUT2D eigenvalue weighted by atomic mass is 9.54. The van der Waals surface area contributed by atoms with Gasteiger partial charge >= 0.3 is 0 Å². The molecule has 0 radical (unpaired) electrons. The maximum Gasteiger partial charge on any atom is 0.164 e. The zero-order valence-electron chi connectivity index (χ0n) is 56.1. The van der Waals surface area contributed by atoms with Gasteiger partial charge in [-0.05, 0) is 120 Å². The van der Waals surface area contributed by atoms with E-state index >= 15 is 0 Å². The van der Waals surface area contributed by atoms with Crippen molar-refractivity contribution in [2.75, 3.05) is 0 Å². The number of aromatic nitrogens is 6. The van der Waals surface area contributed by atoms with Crippen molar-refractivity contribution in [2.45, 2.75) is 77.0 Å². The Hall–Kier alpha value is -10.9. The molecule has 0 atom stereocenters. The molecule has 0 saturated heterocycles. The molecule has 0 bridgehead atoms. The van der Waals surface area contributed by atoms with Gasteiger partial charge in [0.2, 0.25) is 0 Å². The van der Waals surface area contributed by atoms with Crippen LogP contribution >= 0.6 is 22.7 Å². The number of hydrogen-bond donors (Lipinski definition) is 0. The fraction of sp³-hybridized carbons (Fsp3) is 0.133. The smallest absolute Gasteiger partial charge is 0.164 e. The summed E-state index contributed by atoms with van der Waals surface area (Å²) in [6, 6.07) is 99.0. The van der Waals surface area contributed by atoms with E-state index in [9.17, 15) is 0 Å². The van der Waals surface area contributed by atoms with Crippen LogP contribution in [0.5, 0.6) is 0 Å². The average molecular weight is 1300 g/mol. The summed E-state index contributed by atoms with van der Waals surface area (Å²) < 4.78 is 5.44. The predicted molar refractivity (Wildman–Crippen MR) is 412 cm³/mol. The van der Waals surface area contributed by atoms with Crippen molar-refractivity contribution in [1.29, 1.82) is 0 Å². The molecule has 0 saturated carbocycles. The minimum atomic E-state index is -0.121. The summed E-state index contributed by atoms with van der Waals surface area (Å²) in [5.41, 5.74) is 21.2. The van der Waals surface area contributed by atoms with Crippen LogP contribution in [-0.4, -0.2) is 29.9 Å². The zero-order chi connectivity index (χ0) is 66.7. The number of fused-ring (bicyclic) bond motifs is 14. The van der Waals surface area contributed by atoms with Crippen LogP contribution in [0.2, 0.25) is 0 Å². The first kappa shape index (κ1) is 60.7. The van der Waals surface area contributed by atoms with Crippen LogP contribution in [0.4, 0.5) is 0 Å². The molecule has 472 valence electrons. The molecule has 4 heterocycles. The van der Waals surface area contributed by atoms with Gasteiger partial charge in [-0.25, -0.2) is 29.9 Å². The maximum absolute atomic E-state index is 4.99. The largest absolute Gasteiger partial charge is 0.208 e. The van der Waals surface area contributed by atoms with E-state index < -0.39 is 0 Å². The Morgan fingerprint density at radius 2 is 0.500 bits per heavy atom. The molecule has 0 unspecified atom stereocenters. The molecule has 16 aromatic rings. The van der Waals surface area contributed by atoms with Gasteiger partial charge in [0.25, 0.3) is 0 Å². The number of hydrogen-bond acceptors (Lipinski definition) is 8. The van der Waals surface area contributed by atoms with Gasteiger partial charge in [0.05, 0.1) is 0 Å². The van der Waals surface area contributed by atoms with E-state index in [2.05, 4.69) is 213 Å². The molecule has 12 aromatic carbocycles. The fourth-order valence-electron chi connectivity index (χ4n) is 15.2. The van der Waals surface area contributed by atoms with Crippen LogP contribution in [0.15, 0.2) is 279 Å². The normalized spacial score (nSPS) is 14.4.